The highest BCUT2D eigenvalue weighted by Gasteiger charge is 2.02. The van der Waals surface area contributed by atoms with Crippen molar-refractivity contribution in [1.29, 1.82) is 0 Å². The normalized spacial score (nSPS) is 10.6. The zero-order valence-corrected chi connectivity index (χ0v) is 8.88. The van der Waals surface area contributed by atoms with Crippen LogP contribution in [0.5, 0.6) is 0 Å². The summed E-state index contributed by atoms with van der Waals surface area (Å²) in [5.41, 5.74) is 3.00. The van der Waals surface area contributed by atoms with Crippen molar-refractivity contribution < 1.29 is 0 Å². The second-order valence-corrected chi connectivity index (χ2v) is 3.73. The molecule has 2 aromatic heterocycles. The van der Waals surface area contributed by atoms with E-state index in [1.54, 1.807) is 6.20 Å². The molecule has 0 saturated heterocycles. The first kappa shape index (κ1) is 9.77. The van der Waals surface area contributed by atoms with Crippen molar-refractivity contribution >= 4 is 0 Å². The zero-order valence-electron chi connectivity index (χ0n) is 8.88. The smallest absolute Gasteiger partial charge is 0.116 e. The Bertz CT molecular complexity index is 420. The number of rotatable bonds is 2. The van der Waals surface area contributed by atoms with Crippen molar-refractivity contribution in [2.45, 2.75) is 19.8 Å². The van der Waals surface area contributed by atoms with Crippen molar-refractivity contribution in [1.82, 2.24) is 15.0 Å². The molecule has 0 N–H and O–H groups in total. The van der Waals surface area contributed by atoms with Crippen LogP contribution in [0.3, 0.4) is 0 Å². The van der Waals surface area contributed by atoms with E-state index < -0.39 is 0 Å². The summed E-state index contributed by atoms with van der Waals surface area (Å²) in [5.74, 6) is 0.511. The molecule has 2 rings (SSSR count). The molecule has 0 radical (unpaired) electrons. The number of hydrogen-bond donors (Lipinski definition) is 0. The summed E-state index contributed by atoms with van der Waals surface area (Å²) in [6.07, 6.45) is 5.16. The zero-order chi connectivity index (χ0) is 10.7. The number of aromatic nitrogens is 3. The SMILES string of the molecule is CC(C)c1ccc(-c2ccncn2)nc1. The van der Waals surface area contributed by atoms with Crippen LogP contribution in [0.1, 0.15) is 25.3 Å². The van der Waals surface area contributed by atoms with Gasteiger partial charge in [-0.25, -0.2) is 9.97 Å². The largest absolute Gasteiger partial charge is 0.254 e. The van der Waals surface area contributed by atoms with Crippen LogP contribution in [-0.2, 0) is 0 Å². The Morgan fingerprint density at radius 3 is 2.33 bits per heavy atom. The molecule has 3 heteroatoms. The molecule has 15 heavy (non-hydrogen) atoms. The Balaban J connectivity index is 2.32. The van der Waals surface area contributed by atoms with Crippen molar-refractivity contribution in [2.24, 2.45) is 0 Å². The van der Waals surface area contributed by atoms with E-state index in [0.29, 0.717) is 5.92 Å². The summed E-state index contributed by atoms with van der Waals surface area (Å²) in [5, 5.41) is 0. The van der Waals surface area contributed by atoms with Gasteiger partial charge in [0.15, 0.2) is 0 Å². The predicted molar refractivity (Wildman–Crippen MR) is 59.4 cm³/mol. The lowest BCUT2D eigenvalue weighted by Gasteiger charge is -2.05. The monoisotopic (exact) mass is 199 g/mol. The van der Waals surface area contributed by atoms with Gasteiger partial charge in [0.1, 0.15) is 6.33 Å². The molecule has 0 aliphatic rings. The Hall–Kier alpha value is -1.77. The molecule has 3 nitrogen and oxygen atoms in total. The van der Waals surface area contributed by atoms with Crippen LogP contribution in [0.15, 0.2) is 36.9 Å². The number of pyridine rings is 1. The van der Waals surface area contributed by atoms with E-state index in [2.05, 4.69) is 34.9 Å². The molecule has 0 unspecified atom stereocenters. The van der Waals surface area contributed by atoms with Gasteiger partial charge in [0.2, 0.25) is 0 Å². The van der Waals surface area contributed by atoms with E-state index in [9.17, 15) is 0 Å². The van der Waals surface area contributed by atoms with Crippen LogP contribution >= 0.6 is 0 Å². The Kier molecular flexibility index (Phi) is 2.72. The second-order valence-electron chi connectivity index (χ2n) is 3.73. The van der Waals surface area contributed by atoms with Crippen molar-refractivity contribution in [2.75, 3.05) is 0 Å². The topological polar surface area (TPSA) is 38.7 Å². The van der Waals surface area contributed by atoms with Crippen LogP contribution in [0, 0.1) is 0 Å². The van der Waals surface area contributed by atoms with Gasteiger partial charge in [-0.2, -0.15) is 0 Å². The van der Waals surface area contributed by atoms with Crippen molar-refractivity contribution in [3.63, 3.8) is 0 Å². The molecule has 0 bridgehead atoms. The molecular weight excluding hydrogens is 186 g/mol. The summed E-state index contributed by atoms with van der Waals surface area (Å²) in [7, 11) is 0. The van der Waals surface area contributed by atoms with E-state index in [4.69, 9.17) is 0 Å². The van der Waals surface area contributed by atoms with E-state index >= 15 is 0 Å². The van der Waals surface area contributed by atoms with Crippen LogP contribution in [0.4, 0.5) is 0 Å². The first-order chi connectivity index (χ1) is 7.27. The molecule has 2 heterocycles. The van der Waals surface area contributed by atoms with E-state index in [-0.39, 0.29) is 0 Å². The fraction of sp³-hybridized carbons (Fsp3) is 0.250. The van der Waals surface area contributed by atoms with Gasteiger partial charge in [-0.05, 0) is 23.6 Å². The first-order valence-electron chi connectivity index (χ1n) is 4.99. The van der Waals surface area contributed by atoms with Gasteiger partial charge in [-0.1, -0.05) is 19.9 Å². The third kappa shape index (κ3) is 2.18. The maximum Gasteiger partial charge on any atom is 0.116 e. The highest BCUT2D eigenvalue weighted by Crippen LogP contribution is 2.17. The lowest BCUT2D eigenvalue weighted by atomic mass is 10.1. The standard InChI is InChI=1S/C12H13N3/c1-9(2)10-3-4-11(14-7-10)12-5-6-13-8-15-12/h3-9H,1-2H3. The third-order valence-electron chi connectivity index (χ3n) is 2.30. The summed E-state index contributed by atoms with van der Waals surface area (Å²) in [4.78, 5) is 12.4. The fourth-order valence-electron chi connectivity index (χ4n) is 1.34. The lowest BCUT2D eigenvalue weighted by molar-refractivity contribution is 0.858. The van der Waals surface area contributed by atoms with Gasteiger partial charge >= 0.3 is 0 Å². The number of nitrogens with zero attached hydrogens (tertiary/aromatic N) is 3. The maximum atomic E-state index is 4.38. The average Bonchev–Trinajstić information content (AvgIpc) is 2.30. The van der Waals surface area contributed by atoms with E-state index in [1.165, 1.54) is 11.9 Å². The highest BCUT2D eigenvalue weighted by molar-refractivity contribution is 5.52. The summed E-state index contributed by atoms with van der Waals surface area (Å²) >= 11 is 0. The quantitative estimate of drug-likeness (QED) is 0.746. The highest BCUT2D eigenvalue weighted by atomic mass is 14.8. The minimum atomic E-state index is 0.511. The van der Waals surface area contributed by atoms with E-state index in [0.717, 1.165) is 11.4 Å². The van der Waals surface area contributed by atoms with Gasteiger partial charge in [0.05, 0.1) is 11.4 Å². The summed E-state index contributed by atoms with van der Waals surface area (Å²) < 4.78 is 0. The molecule has 0 fully saturated rings. The van der Waals surface area contributed by atoms with Crippen LogP contribution in [0.2, 0.25) is 0 Å². The Morgan fingerprint density at radius 1 is 1.00 bits per heavy atom. The molecule has 0 aromatic carbocycles. The molecular formula is C12H13N3. The van der Waals surface area contributed by atoms with Gasteiger partial charge in [-0.3, -0.25) is 4.98 Å². The van der Waals surface area contributed by atoms with Gasteiger partial charge in [0, 0.05) is 12.4 Å². The average molecular weight is 199 g/mol. The third-order valence-corrected chi connectivity index (χ3v) is 2.30. The minimum absolute atomic E-state index is 0.511. The van der Waals surface area contributed by atoms with Crippen LogP contribution in [0.25, 0.3) is 11.4 Å². The van der Waals surface area contributed by atoms with Crippen LogP contribution < -0.4 is 0 Å². The minimum Gasteiger partial charge on any atom is -0.254 e. The molecule has 0 aliphatic carbocycles. The Morgan fingerprint density at radius 2 is 1.80 bits per heavy atom. The molecule has 76 valence electrons. The van der Waals surface area contributed by atoms with E-state index in [1.807, 2.05) is 18.3 Å². The molecule has 0 spiro atoms. The second kappa shape index (κ2) is 4.17. The molecule has 2 aromatic rings. The van der Waals surface area contributed by atoms with Crippen molar-refractivity contribution in [3.05, 3.63) is 42.5 Å². The summed E-state index contributed by atoms with van der Waals surface area (Å²) in [6.45, 7) is 4.31. The first-order valence-corrected chi connectivity index (χ1v) is 4.99. The van der Waals surface area contributed by atoms with Gasteiger partial charge in [-0.15, -0.1) is 0 Å². The molecule has 0 saturated carbocycles. The van der Waals surface area contributed by atoms with Crippen molar-refractivity contribution in [3.8, 4) is 11.4 Å². The lowest BCUT2D eigenvalue weighted by Crippen LogP contribution is -1.91. The predicted octanol–water partition coefficient (Wildman–Crippen LogP) is 2.66. The fourth-order valence-corrected chi connectivity index (χ4v) is 1.34. The van der Waals surface area contributed by atoms with Gasteiger partial charge in [0.25, 0.3) is 0 Å². The Labute approximate surface area is 89.2 Å². The maximum absolute atomic E-state index is 4.38. The van der Waals surface area contributed by atoms with Crippen LogP contribution in [-0.4, -0.2) is 15.0 Å². The number of hydrogen-bond acceptors (Lipinski definition) is 3. The molecule has 0 amide bonds. The van der Waals surface area contributed by atoms with Gasteiger partial charge < -0.3 is 0 Å². The molecule has 0 atom stereocenters. The molecule has 0 aliphatic heterocycles. The summed E-state index contributed by atoms with van der Waals surface area (Å²) in [6, 6.07) is 5.95.